The Hall–Kier alpha value is -2.19. The summed E-state index contributed by atoms with van der Waals surface area (Å²) >= 11 is 0. The quantitative estimate of drug-likeness (QED) is 0.208. The van der Waals surface area contributed by atoms with Gasteiger partial charge in [0.2, 0.25) is 0 Å². The second kappa shape index (κ2) is 11.2. The molecule has 0 unspecified atom stereocenters. The maximum absolute atomic E-state index is 12.4. The molecule has 6 atom stereocenters. The Kier molecular flexibility index (Phi) is 8.81. The van der Waals surface area contributed by atoms with Gasteiger partial charge in [-0.3, -0.25) is 9.59 Å². The highest BCUT2D eigenvalue weighted by Gasteiger charge is 2.59. The van der Waals surface area contributed by atoms with E-state index in [-0.39, 0.29) is 67.1 Å². The third-order valence-corrected chi connectivity index (χ3v) is 8.54. The number of fused-ring (bicyclic) bond motifs is 1. The Bertz CT molecular complexity index is 868. The minimum atomic E-state index is -0.533. The topological polar surface area (TPSA) is 111 Å². The number of hydrogen-bond donors (Lipinski definition) is 2. The van der Waals surface area contributed by atoms with Crippen LogP contribution in [-0.4, -0.2) is 61.5 Å². The lowest BCUT2D eigenvalue weighted by Crippen LogP contribution is -2.59. The van der Waals surface area contributed by atoms with E-state index < -0.39 is 5.41 Å². The van der Waals surface area contributed by atoms with Crippen molar-refractivity contribution in [3.8, 4) is 0 Å². The minimum absolute atomic E-state index is 0.0746. The second-order valence-corrected chi connectivity index (χ2v) is 10.8. The summed E-state index contributed by atoms with van der Waals surface area (Å²) < 4.78 is 16.5. The molecular formula is C27H41NO7. The van der Waals surface area contributed by atoms with E-state index in [9.17, 15) is 19.5 Å². The number of aliphatic hydroxyl groups is 1. The van der Waals surface area contributed by atoms with Gasteiger partial charge in [-0.1, -0.05) is 26.0 Å². The first-order valence-corrected chi connectivity index (χ1v) is 12.7. The highest BCUT2D eigenvalue weighted by molar-refractivity contribution is 5.91. The lowest BCUT2D eigenvalue weighted by atomic mass is 9.46. The van der Waals surface area contributed by atoms with E-state index in [0.29, 0.717) is 31.4 Å². The van der Waals surface area contributed by atoms with Crippen molar-refractivity contribution in [2.45, 2.75) is 78.4 Å². The standard InChI is InChI=1S/C27H41NO7/c1-17-7-8-23-26(4,11-9-24(35-19(3)31)27(23,5)16-34-18(2)30)21(17)15-22(28-12-6-13-29)20-10-14-33-25(20)32/h10,21-24,28-29H,1,6-9,11-16H2,2-5H3/t21-,22+,23-,24-,26+,27+/m1/s1. The largest absolute Gasteiger partial charge is 0.465 e. The van der Waals surface area contributed by atoms with Crippen LogP contribution in [0.5, 0.6) is 0 Å². The SMILES string of the molecule is C=C1CC[C@H]2[C@](C)(COC(C)=O)[C@H](OC(C)=O)CC[C@@]2(C)[C@@H]1C[C@H](NCCCO)C1=CCOC1=O. The number of ether oxygens (including phenoxy) is 3. The lowest BCUT2D eigenvalue weighted by Gasteiger charge is -2.60. The van der Waals surface area contributed by atoms with Crippen LogP contribution in [0.2, 0.25) is 0 Å². The van der Waals surface area contributed by atoms with E-state index >= 15 is 0 Å². The highest BCUT2D eigenvalue weighted by Crippen LogP contribution is 2.62. The number of aliphatic hydroxyl groups excluding tert-OH is 1. The number of hydrogen-bond acceptors (Lipinski definition) is 8. The molecule has 3 rings (SSSR count). The molecule has 196 valence electrons. The molecule has 0 amide bonds. The van der Waals surface area contributed by atoms with Gasteiger partial charge in [0, 0.05) is 31.9 Å². The van der Waals surface area contributed by atoms with Crippen LogP contribution in [0, 0.1) is 22.7 Å². The highest BCUT2D eigenvalue weighted by atomic mass is 16.6. The minimum Gasteiger partial charge on any atom is -0.465 e. The maximum Gasteiger partial charge on any atom is 0.335 e. The maximum atomic E-state index is 12.4. The summed E-state index contributed by atoms with van der Waals surface area (Å²) in [6.45, 7) is 12.7. The Morgan fingerprint density at radius 3 is 2.63 bits per heavy atom. The molecule has 2 aliphatic carbocycles. The van der Waals surface area contributed by atoms with Gasteiger partial charge < -0.3 is 24.6 Å². The molecular weight excluding hydrogens is 450 g/mol. The van der Waals surface area contributed by atoms with Crippen LogP contribution >= 0.6 is 0 Å². The van der Waals surface area contributed by atoms with Crippen LogP contribution in [-0.2, 0) is 28.6 Å². The van der Waals surface area contributed by atoms with Gasteiger partial charge in [-0.25, -0.2) is 4.79 Å². The van der Waals surface area contributed by atoms with Gasteiger partial charge in [0.05, 0.1) is 5.57 Å². The van der Waals surface area contributed by atoms with E-state index in [1.54, 1.807) is 0 Å². The van der Waals surface area contributed by atoms with Crippen molar-refractivity contribution in [3.63, 3.8) is 0 Å². The normalized spacial score (nSPS) is 33.4. The Morgan fingerprint density at radius 1 is 1.29 bits per heavy atom. The first kappa shape index (κ1) is 27.4. The summed E-state index contributed by atoms with van der Waals surface area (Å²) in [5.74, 6) is -0.739. The summed E-state index contributed by atoms with van der Waals surface area (Å²) in [5, 5.41) is 12.7. The number of rotatable bonds is 10. The van der Waals surface area contributed by atoms with Gasteiger partial charge in [-0.2, -0.15) is 0 Å². The molecule has 0 radical (unpaired) electrons. The first-order chi connectivity index (χ1) is 16.5. The third-order valence-electron chi connectivity index (χ3n) is 8.54. The summed E-state index contributed by atoms with van der Waals surface area (Å²) in [4.78, 5) is 36.1. The fourth-order valence-corrected chi connectivity index (χ4v) is 6.82. The van der Waals surface area contributed by atoms with Crippen LogP contribution in [0.1, 0.15) is 66.2 Å². The van der Waals surface area contributed by atoms with Crippen molar-refractivity contribution in [1.29, 1.82) is 0 Å². The zero-order valence-corrected chi connectivity index (χ0v) is 21.6. The van der Waals surface area contributed by atoms with E-state index in [2.05, 4.69) is 25.7 Å². The second-order valence-electron chi connectivity index (χ2n) is 10.8. The molecule has 0 aromatic carbocycles. The van der Waals surface area contributed by atoms with E-state index in [1.807, 2.05) is 6.08 Å². The van der Waals surface area contributed by atoms with Gasteiger partial charge in [-0.05, 0) is 68.4 Å². The number of cyclic esters (lactones) is 1. The van der Waals surface area contributed by atoms with Gasteiger partial charge in [0.25, 0.3) is 0 Å². The average Bonchev–Trinajstić information content (AvgIpc) is 3.21. The van der Waals surface area contributed by atoms with Crippen molar-refractivity contribution in [1.82, 2.24) is 5.32 Å². The van der Waals surface area contributed by atoms with Crippen molar-refractivity contribution >= 4 is 17.9 Å². The van der Waals surface area contributed by atoms with Crippen LogP contribution in [0.4, 0.5) is 0 Å². The van der Waals surface area contributed by atoms with Crippen molar-refractivity contribution in [2.24, 2.45) is 22.7 Å². The molecule has 8 heteroatoms. The molecule has 2 N–H and O–H groups in total. The lowest BCUT2D eigenvalue weighted by molar-refractivity contribution is -0.191. The molecule has 0 bridgehead atoms. The molecule has 1 aliphatic heterocycles. The third kappa shape index (κ3) is 5.80. The first-order valence-electron chi connectivity index (χ1n) is 12.7. The number of carbonyl (C=O) groups is 3. The summed E-state index contributed by atoms with van der Waals surface area (Å²) in [7, 11) is 0. The Labute approximate surface area is 208 Å². The summed E-state index contributed by atoms with van der Waals surface area (Å²) in [6.07, 6.45) is 5.97. The molecule has 0 spiro atoms. The predicted molar refractivity (Wildman–Crippen MR) is 130 cm³/mol. The van der Waals surface area contributed by atoms with Crippen LogP contribution in [0.3, 0.4) is 0 Å². The monoisotopic (exact) mass is 491 g/mol. The number of allylic oxidation sites excluding steroid dienone is 1. The molecule has 35 heavy (non-hydrogen) atoms. The molecule has 2 fully saturated rings. The van der Waals surface area contributed by atoms with Crippen LogP contribution in [0.15, 0.2) is 23.8 Å². The summed E-state index contributed by atoms with van der Waals surface area (Å²) in [5.41, 5.74) is 1.08. The number of esters is 3. The fourth-order valence-electron chi connectivity index (χ4n) is 6.82. The molecule has 0 saturated heterocycles. The Morgan fingerprint density at radius 2 is 2.03 bits per heavy atom. The smallest absolute Gasteiger partial charge is 0.335 e. The fraction of sp³-hybridized carbons (Fsp3) is 0.741. The van der Waals surface area contributed by atoms with Gasteiger partial charge >= 0.3 is 17.9 Å². The predicted octanol–water partition coefficient (Wildman–Crippen LogP) is 3.08. The molecule has 0 aromatic heterocycles. The van der Waals surface area contributed by atoms with Crippen molar-refractivity contribution in [2.75, 3.05) is 26.4 Å². The van der Waals surface area contributed by atoms with Gasteiger partial charge in [0.1, 0.15) is 19.3 Å². The van der Waals surface area contributed by atoms with Crippen molar-refractivity contribution in [3.05, 3.63) is 23.8 Å². The summed E-state index contributed by atoms with van der Waals surface area (Å²) in [6, 6.07) is -0.209. The average molecular weight is 492 g/mol. The molecule has 0 aromatic rings. The van der Waals surface area contributed by atoms with Crippen molar-refractivity contribution < 1.29 is 33.7 Å². The molecule has 1 heterocycles. The number of nitrogens with one attached hydrogen (secondary N) is 1. The van der Waals surface area contributed by atoms with E-state index in [1.165, 1.54) is 13.8 Å². The molecule has 2 saturated carbocycles. The molecule has 3 aliphatic rings. The van der Waals surface area contributed by atoms with E-state index in [0.717, 1.165) is 24.8 Å². The number of carbonyl (C=O) groups excluding carboxylic acids is 3. The van der Waals surface area contributed by atoms with Gasteiger partial charge in [-0.15, -0.1) is 0 Å². The zero-order valence-electron chi connectivity index (χ0n) is 21.6. The molecule has 8 nitrogen and oxygen atoms in total. The van der Waals surface area contributed by atoms with Crippen LogP contribution < -0.4 is 5.32 Å². The van der Waals surface area contributed by atoms with E-state index in [4.69, 9.17) is 14.2 Å². The Balaban J connectivity index is 1.92. The van der Waals surface area contributed by atoms with Gasteiger partial charge in [0.15, 0.2) is 0 Å². The van der Waals surface area contributed by atoms with Crippen LogP contribution in [0.25, 0.3) is 0 Å². The zero-order chi connectivity index (χ0) is 25.8.